The van der Waals surface area contributed by atoms with Gasteiger partial charge in [0, 0.05) is 19.5 Å². The van der Waals surface area contributed by atoms with Gasteiger partial charge in [0.15, 0.2) is 0 Å². The van der Waals surface area contributed by atoms with Gasteiger partial charge >= 0.3 is 0 Å². The quantitative estimate of drug-likeness (QED) is 0.807. The zero-order valence-electron chi connectivity index (χ0n) is 11.6. The van der Waals surface area contributed by atoms with Gasteiger partial charge in [0.2, 0.25) is 15.9 Å². The molecule has 6 nitrogen and oxygen atoms in total. The van der Waals surface area contributed by atoms with E-state index in [9.17, 15) is 13.2 Å². The molecule has 1 aliphatic heterocycles. The molecule has 0 bridgehead atoms. The van der Waals surface area contributed by atoms with E-state index in [1.54, 1.807) is 12.1 Å². The first-order valence-electron chi connectivity index (χ1n) is 6.38. The fourth-order valence-electron chi connectivity index (χ4n) is 2.17. The fourth-order valence-corrected chi connectivity index (χ4v) is 3.76. The summed E-state index contributed by atoms with van der Waals surface area (Å²) in [5.41, 5.74) is 0. The zero-order chi connectivity index (χ0) is 15.5. The second kappa shape index (κ2) is 6.16. The molecule has 0 radical (unpaired) electrons. The van der Waals surface area contributed by atoms with E-state index in [2.05, 4.69) is 11.2 Å². The first-order chi connectivity index (χ1) is 10.0. The number of benzene rings is 1. The van der Waals surface area contributed by atoms with Gasteiger partial charge in [-0.1, -0.05) is 0 Å². The number of carbonyl (C=O) groups is 1. The zero-order valence-corrected chi connectivity index (χ0v) is 12.4. The van der Waals surface area contributed by atoms with E-state index in [-0.39, 0.29) is 30.3 Å². The van der Waals surface area contributed by atoms with Crippen LogP contribution < -0.4 is 10.1 Å². The first kappa shape index (κ1) is 15.4. The van der Waals surface area contributed by atoms with Crippen LogP contribution in [0.2, 0.25) is 0 Å². The summed E-state index contributed by atoms with van der Waals surface area (Å²) in [6.07, 6.45) is 5.28. The van der Waals surface area contributed by atoms with Crippen LogP contribution in [0.5, 0.6) is 5.75 Å². The van der Waals surface area contributed by atoms with Gasteiger partial charge in [0.1, 0.15) is 11.8 Å². The molecule has 0 saturated carbocycles. The number of amides is 1. The number of nitrogens with zero attached hydrogens (tertiary/aromatic N) is 1. The normalized spacial score (nSPS) is 19.6. The van der Waals surface area contributed by atoms with Crippen molar-refractivity contribution in [2.75, 3.05) is 20.2 Å². The number of piperazine rings is 1. The molecule has 2 rings (SSSR count). The van der Waals surface area contributed by atoms with Crippen molar-refractivity contribution < 1.29 is 17.9 Å². The Morgan fingerprint density at radius 3 is 2.67 bits per heavy atom. The van der Waals surface area contributed by atoms with Crippen molar-refractivity contribution in [3.8, 4) is 18.1 Å². The molecule has 0 aliphatic carbocycles. The topological polar surface area (TPSA) is 75.7 Å². The molecule has 112 valence electrons. The highest BCUT2D eigenvalue weighted by Gasteiger charge is 2.37. The number of carbonyl (C=O) groups excluding carboxylic acids is 1. The lowest BCUT2D eigenvalue weighted by molar-refractivity contribution is -0.126. The van der Waals surface area contributed by atoms with E-state index >= 15 is 0 Å². The lowest BCUT2D eigenvalue weighted by atomic mass is 10.1. The highest BCUT2D eigenvalue weighted by atomic mass is 32.2. The summed E-state index contributed by atoms with van der Waals surface area (Å²) in [5.74, 6) is 2.55. The molecule has 0 unspecified atom stereocenters. The van der Waals surface area contributed by atoms with E-state index in [1.165, 1.54) is 19.2 Å². The van der Waals surface area contributed by atoms with Gasteiger partial charge in [-0.15, -0.1) is 12.3 Å². The Morgan fingerprint density at radius 1 is 1.43 bits per heavy atom. The van der Waals surface area contributed by atoms with Crippen LogP contribution in [0.25, 0.3) is 0 Å². The predicted molar refractivity (Wildman–Crippen MR) is 77.1 cm³/mol. The Kier molecular flexibility index (Phi) is 4.50. The monoisotopic (exact) mass is 308 g/mol. The van der Waals surface area contributed by atoms with Crippen molar-refractivity contribution in [1.29, 1.82) is 0 Å². The van der Waals surface area contributed by atoms with Crippen LogP contribution in [0, 0.1) is 12.3 Å². The average molecular weight is 308 g/mol. The van der Waals surface area contributed by atoms with E-state index in [4.69, 9.17) is 11.2 Å². The number of nitrogens with one attached hydrogen (secondary N) is 1. The maximum atomic E-state index is 12.7. The number of sulfonamides is 1. The largest absolute Gasteiger partial charge is 0.497 e. The van der Waals surface area contributed by atoms with Gasteiger partial charge in [0.25, 0.3) is 0 Å². The fraction of sp³-hybridized carbons (Fsp3) is 0.357. The minimum absolute atomic E-state index is 0.0429. The third kappa shape index (κ3) is 3.01. The van der Waals surface area contributed by atoms with E-state index in [0.717, 1.165) is 4.31 Å². The Hall–Kier alpha value is -2.04. The van der Waals surface area contributed by atoms with E-state index in [0.29, 0.717) is 5.75 Å². The highest BCUT2D eigenvalue weighted by molar-refractivity contribution is 7.89. The lowest BCUT2D eigenvalue weighted by Crippen LogP contribution is -2.56. The summed E-state index contributed by atoms with van der Waals surface area (Å²) >= 11 is 0. The third-order valence-electron chi connectivity index (χ3n) is 3.26. The second-order valence-corrected chi connectivity index (χ2v) is 6.40. The van der Waals surface area contributed by atoms with Crippen LogP contribution in [0.3, 0.4) is 0 Å². The number of hydrogen-bond donors (Lipinski definition) is 1. The molecule has 7 heteroatoms. The SMILES string of the molecule is C#CC[C@@H]1C(=O)NCCN1S(=O)(=O)c1ccc(OC)cc1. The molecule has 1 fully saturated rings. The van der Waals surface area contributed by atoms with Crippen LogP contribution in [-0.2, 0) is 14.8 Å². The van der Waals surface area contributed by atoms with Crippen molar-refractivity contribution >= 4 is 15.9 Å². The molecule has 1 saturated heterocycles. The third-order valence-corrected chi connectivity index (χ3v) is 5.18. The van der Waals surface area contributed by atoms with Gasteiger partial charge in [-0.25, -0.2) is 8.42 Å². The molecule has 0 aromatic heterocycles. The second-order valence-electron chi connectivity index (χ2n) is 4.51. The van der Waals surface area contributed by atoms with Crippen molar-refractivity contribution in [3.05, 3.63) is 24.3 Å². The van der Waals surface area contributed by atoms with Crippen molar-refractivity contribution in [1.82, 2.24) is 9.62 Å². The molecule has 1 aromatic carbocycles. The predicted octanol–water partition coefficient (Wildman–Crippen LogP) is 0.208. The van der Waals surface area contributed by atoms with Gasteiger partial charge in [0.05, 0.1) is 12.0 Å². The van der Waals surface area contributed by atoms with Gasteiger partial charge in [-0.05, 0) is 24.3 Å². The van der Waals surface area contributed by atoms with Gasteiger partial charge in [-0.3, -0.25) is 4.79 Å². The molecule has 1 atom stereocenters. The minimum Gasteiger partial charge on any atom is -0.497 e. The van der Waals surface area contributed by atoms with Crippen molar-refractivity contribution in [2.45, 2.75) is 17.4 Å². The summed E-state index contributed by atoms with van der Waals surface area (Å²) in [4.78, 5) is 12.0. The molecule has 1 amide bonds. The molecule has 21 heavy (non-hydrogen) atoms. The van der Waals surface area contributed by atoms with Crippen molar-refractivity contribution in [2.24, 2.45) is 0 Å². The molecule has 1 N–H and O–H groups in total. The molecule has 0 spiro atoms. The Labute approximate surface area is 124 Å². The average Bonchev–Trinajstić information content (AvgIpc) is 2.49. The molecular formula is C14H16N2O4S. The Morgan fingerprint density at radius 2 is 2.10 bits per heavy atom. The Bertz CT molecular complexity index is 661. The summed E-state index contributed by atoms with van der Waals surface area (Å²) in [5, 5.41) is 2.63. The van der Waals surface area contributed by atoms with Crippen LogP contribution in [0.1, 0.15) is 6.42 Å². The van der Waals surface area contributed by atoms with Gasteiger partial charge in [-0.2, -0.15) is 4.31 Å². The van der Waals surface area contributed by atoms with Crippen LogP contribution >= 0.6 is 0 Å². The summed E-state index contributed by atoms with van der Waals surface area (Å²) in [7, 11) is -2.27. The molecule has 1 aromatic rings. The highest BCUT2D eigenvalue weighted by Crippen LogP contribution is 2.23. The lowest BCUT2D eigenvalue weighted by Gasteiger charge is -2.33. The minimum atomic E-state index is -3.77. The standard InChI is InChI=1S/C14H16N2O4S/c1-3-4-13-14(17)15-9-10-16(13)21(18,19)12-7-5-11(20-2)6-8-12/h1,5-8,13H,4,9-10H2,2H3,(H,15,17)/t13-/m1/s1. The molecule has 1 heterocycles. The molecular weight excluding hydrogens is 292 g/mol. The summed E-state index contributed by atoms with van der Waals surface area (Å²) in [6, 6.07) is 5.16. The summed E-state index contributed by atoms with van der Waals surface area (Å²) in [6.45, 7) is 0.474. The maximum absolute atomic E-state index is 12.7. The van der Waals surface area contributed by atoms with Gasteiger partial charge < -0.3 is 10.1 Å². The van der Waals surface area contributed by atoms with Crippen LogP contribution in [0.15, 0.2) is 29.2 Å². The first-order valence-corrected chi connectivity index (χ1v) is 7.82. The van der Waals surface area contributed by atoms with Crippen LogP contribution in [-0.4, -0.2) is 44.9 Å². The number of rotatable bonds is 4. The maximum Gasteiger partial charge on any atom is 0.243 e. The smallest absolute Gasteiger partial charge is 0.243 e. The summed E-state index contributed by atoms with van der Waals surface area (Å²) < 4.78 is 31.5. The number of methoxy groups -OCH3 is 1. The number of terminal acetylenes is 1. The number of ether oxygens (including phenoxy) is 1. The number of hydrogen-bond acceptors (Lipinski definition) is 4. The van der Waals surface area contributed by atoms with E-state index in [1.807, 2.05) is 0 Å². The van der Waals surface area contributed by atoms with Crippen molar-refractivity contribution in [3.63, 3.8) is 0 Å². The van der Waals surface area contributed by atoms with Crippen LogP contribution in [0.4, 0.5) is 0 Å². The Balaban J connectivity index is 2.36. The molecule has 1 aliphatic rings. The van der Waals surface area contributed by atoms with E-state index < -0.39 is 16.1 Å².